The summed E-state index contributed by atoms with van der Waals surface area (Å²) in [4.78, 5) is 41.0. The molecule has 2 aromatic carbocycles. The van der Waals surface area contributed by atoms with Crippen molar-refractivity contribution in [2.45, 2.75) is 0 Å². The maximum atomic E-state index is 12.2. The average molecular weight is 425 g/mol. The Labute approximate surface area is 174 Å². The smallest absolute Gasteiger partial charge is 0.355 e. The second-order valence-electron chi connectivity index (χ2n) is 5.92. The van der Waals surface area contributed by atoms with Crippen LogP contribution in [0.4, 0.5) is 28.7 Å². The fourth-order valence-electron chi connectivity index (χ4n) is 2.49. The zero-order valence-electron chi connectivity index (χ0n) is 15.9. The number of amides is 1. The first-order valence-corrected chi connectivity index (χ1v) is 8.60. The van der Waals surface area contributed by atoms with Crippen LogP contribution in [0, 0.1) is 20.2 Å². The maximum absolute atomic E-state index is 12.2. The molecule has 0 saturated heterocycles. The summed E-state index contributed by atoms with van der Waals surface area (Å²) in [5.41, 5.74) is 4.56. The summed E-state index contributed by atoms with van der Waals surface area (Å²) in [5, 5.41) is 25.1. The Hall–Kier alpha value is -4.81. The van der Waals surface area contributed by atoms with Crippen LogP contribution in [0.15, 0.2) is 54.9 Å². The van der Waals surface area contributed by atoms with Gasteiger partial charge in [0.2, 0.25) is 11.6 Å². The minimum atomic E-state index is -0.705. The van der Waals surface area contributed by atoms with Gasteiger partial charge in [0.15, 0.2) is 0 Å². The van der Waals surface area contributed by atoms with Gasteiger partial charge in [0, 0.05) is 29.4 Å². The lowest BCUT2D eigenvalue weighted by atomic mass is 10.2. The number of rotatable bonds is 8. The summed E-state index contributed by atoms with van der Waals surface area (Å²) >= 11 is 0. The number of nitro benzene ring substituents is 1. The minimum absolute atomic E-state index is 0.101. The number of aromatic nitrogens is 2. The molecular weight excluding hydrogens is 410 g/mol. The van der Waals surface area contributed by atoms with Crippen molar-refractivity contribution in [3.8, 4) is 5.75 Å². The number of hydrazine groups is 1. The largest absolute Gasteiger partial charge is 0.497 e. The van der Waals surface area contributed by atoms with Crippen molar-refractivity contribution in [1.82, 2.24) is 15.4 Å². The van der Waals surface area contributed by atoms with Crippen molar-refractivity contribution in [2.75, 3.05) is 17.9 Å². The van der Waals surface area contributed by atoms with Crippen LogP contribution in [0.3, 0.4) is 0 Å². The molecule has 13 nitrogen and oxygen atoms in total. The van der Waals surface area contributed by atoms with Crippen LogP contribution in [-0.4, -0.2) is 32.8 Å². The van der Waals surface area contributed by atoms with Crippen LogP contribution in [0.5, 0.6) is 5.75 Å². The Morgan fingerprint density at radius 3 is 2.35 bits per heavy atom. The number of hydrogen-bond acceptors (Lipinski definition) is 10. The highest BCUT2D eigenvalue weighted by atomic mass is 16.6. The number of ether oxygens (including phenoxy) is 1. The van der Waals surface area contributed by atoms with Gasteiger partial charge in [-0.2, -0.15) is 0 Å². The van der Waals surface area contributed by atoms with Crippen molar-refractivity contribution in [3.05, 3.63) is 80.7 Å². The topological polar surface area (TPSA) is 174 Å². The lowest BCUT2D eigenvalue weighted by molar-refractivity contribution is -0.384. The Morgan fingerprint density at radius 1 is 1.00 bits per heavy atom. The minimum Gasteiger partial charge on any atom is -0.497 e. The number of nitrogens with one attached hydrogen (secondary N) is 3. The molecule has 1 aromatic heterocycles. The molecule has 0 aliphatic heterocycles. The summed E-state index contributed by atoms with van der Waals surface area (Å²) < 4.78 is 5.12. The Morgan fingerprint density at radius 2 is 1.71 bits per heavy atom. The monoisotopic (exact) mass is 425 g/mol. The zero-order valence-corrected chi connectivity index (χ0v) is 15.9. The van der Waals surface area contributed by atoms with Gasteiger partial charge >= 0.3 is 5.69 Å². The predicted octanol–water partition coefficient (Wildman–Crippen LogP) is 2.80. The van der Waals surface area contributed by atoms with E-state index in [9.17, 15) is 25.0 Å². The highest BCUT2D eigenvalue weighted by Crippen LogP contribution is 2.31. The second-order valence-corrected chi connectivity index (χ2v) is 5.92. The molecule has 0 unspecified atom stereocenters. The van der Waals surface area contributed by atoms with Crippen molar-refractivity contribution in [3.63, 3.8) is 0 Å². The van der Waals surface area contributed by atoms with Gasteiger partial charge in [-0.25, -0.2) is 9.97 Å². The van der Waals surface area contributed by atoms with Gasteiger partial charge in [0.25, 0.3) is 11.6 Å². The van der Waals surface area contributed by atoms with E-state index in [0.717, 1.165) is 18.5 Å². The Kier molecular flexibility index (Phi) is 6.16. The lowest BCUT2D eigenvalue weighted by Gasteiger charge is -2.11. The third kappa shape index (κ3) is 4.97. The molecule has 0 spiro atoms. The van der Waals surface area contributed by atoms with Gasteiger partial charge in [-0.1, -0.05) is 6.07 Å². The number of nitro groups is 2. The quantitative estimate of drug-likeness (QED) is 0.359. The molecule has 31 heavy (non-hydrogen) atoms. The number of hydrogen-bond donors (Lipinski definition) is 3. The van der Waals surface area contributed by atoms with Gasteiger partial charge in [0.05, 0.1) is 17.0 Å². The molecular formula is C18H15N7O6. The number of non-ortho nitro benzene ring substituents is 1. The number of methoxy groups -OCH3 is 1. The SMILES string of the molecule is COc1cccc(Nc2ncnc(NNC(=O)c3ccc([N+](=O)[O-])cc3)c2[N+](=O)[O-])c1. The van der Waals surface area contributed by atoms with Crippen LogP contribution in [0.25, 0.3) is 0 Å². The van der Waals surface area contributed by atoms with Gasteiger partial charge in [0.1, 0.15) is 12.1 Å². The molecule has 3 aromatic rings. The van der Waals surface area contributed by atoms with Crippen molar-refractivity contribution in [2.24, 2.45) is 0 Å². The molecule has 0 radical (unpaired) electrons. The zero-order chi connectivity index (χ0) is 22.4. The second kappa shape index (κ2) is 9.13. The lowest BCUT2D eigenvalue weighted by Crippen LogP contribution is -2.30. The highest BCUT2D eigenvalue weighted by molar-refractivity contribution is 5.95. The normalized spacial score (nSPS) is 10.1. The Balaban J connectivity index is 1.79. The summed E-state index contributed by atoms with van der Waals surface area (Å²) in [6.45, 7) is 0. The molecule has 0 saturated carbocycles. The van der Waals surface area contributed by atoms with E-state index in [1.807, 2.05) is 0 Å². The fourth-order valence-corrected chi connectivity index (χ4v) is 2.49. The number of benzene rings is 2. The summed E-state index contributed by atoms with van der Waals surface area (Å²) in [6.07, 6.45) is 1.08. The Bertz CT molecular complexity index is 1140. The van der Waals surface area contributed by atoms with E-state index in [-0.39, 0.29) is 22.9 Å². The van der Waals surface area contributed by atoms with Crippen LogP contribution in [0.2, 0.25) is 0 Å². The summed E-state index contributed by atoms with van der Waals surface area (Å²) in [6, 6.07) is 11.5. The fraction of sp³-hybridized carbons (Fsp3) is 0.0556. The van der Waals surface area contributed by atoms with Gasteiger partial charge < -0.3 is 10.1 Å². The number of carbonyl (C=O) groups excluding carboxylic acids is 1. The first-order chi connectivity index (χ1) is 14.9. The van der Waals surface area contributed by atoms with Gasteiger partial charge in [-0.05, 0) is 24.3 Å². The van der Waals surface area contributed by atoms with Gasteiger partial charge in [-0.15, -0.1) is 0 Å². The molecule has 0 atom stereocenters. The third-order valence-electron chi connectivity index (χ3n) is 3.97. The summed E-state index contributed by atoms with van der Waals surface area (Å²) in [7, 11) is 1.49. The first-order valence-electron chi connectivity index (χ1n) is 8.60. The number of anilines is 3. The van der Waals surface area contributed by atoms with E-state index in [1.54, 1.807) is 24.3 Å². The van der Waals surface area contributed by atoms with Crippen LogP contribution in [0.1, 0.15) is 10.4 Å². The summed E-state index contributed by atoms with van der Waals surface area (Å²) in [5.74, 6) is -0.512. The standard InChI is InChI=1S/C18H15N7O6/c1-31-14-4-2-3-12(9-14)21-16-15(25(29)30)17(20-10-19-16)22-23-18(26)11-5-7-13(8-6-11)24(27)28/h2-10H,1H3,(H,23,26)(H2,19,20,21,22). The van der Waals surface area contributed by atoms with Crippen molar-refractivity contribution < 1.29 is 19.4 Å². The number of nitrogens with zero attached hydrogens (tertiary/aromatic N) is 4. The molecule has 3 rings (SSSR count). The van der Waals surface area contributed by atoms with Crippen molar-refractivity contribution >= 4 is 34.6 Å². The van der Waals surface area contributed by atoms with E-state index in [4.69, 9.17) is 4.74 Å². The van der Waals surface area contributed by atoms with E-state index in [1.165, 1.54) is 19.2 Å². The molecule has 1 amide bonds. The molecule has 0 aliphatic carbocycles. The molecule has 13 heteroatoms. The molecule has 158 valence electrons. The van der Waals surface area contributed by atoms with E-state index < -0.39 is 21.4 Å². The number of carbonyl (C=O) groups is 1. The molecule has 1 heterocycles. The first kappa shape index (κ1) is 20.9. The van der Waals surface area contributed by atoms with Crippen LogP contribution >= 0.6 is 0 Å². The average Bonchev–Trinajstić information content (AvgIpc) is 2.77. The van der Waals surface area contributed by atoms with Crippen LogP contribution < -0.4 is 20.9 Å². The third-order valence-corrected chi connectivity index (χ3v) is 3.97. The van der Waals surface area contributed by atoms with E-state index in [2.05, 4.69) is 26.1 Å². The van der Waals surface area contributed by atoms with E-state index >= 15 is 0 Å². The highest BCUT2D eigenvalue weighted by Gasteiger charge is 2.24. The molecule has 0 aliphatic rings. The maximum Gasteiger partial charge on any atom is 0.355 e. The predicted molar refractivity (Wildman–Crippen MR) is 109 cm³/mol. The van der Waals surface area contributed by atoms with Crippen LogP contribution in [-0.2, 0) is 0 Å². The van der Waals surface area contributed by atoms with E-state index in [0.29, 0.717) is 11.4 Å². The van der Waals surface area contributed by atoms with Crippen molar-refractivity contribution in [1.29, 1.82) is 0 Å². The molecule has 3 N–H and O–H groups in total. The molecule has 0 fully saturated rings. The molecule has 0 bridgehead atoms. The van der Waals surface area contributed by atoms with Gasteiger partial charge in [-0.3, -0.25) is 35.9 Å².